The molecule has 6 heteroatoms. The number of methoxy groups -OCH3 is 1. The number of nitrogens with zero attached hydrogens (tertiary/aromatic N) is 2. The molecule has 1 aliphatic heterocycles. The van der Waals surface area contributed by atoms with Gasteiger partial charge in [-0.3, -0.25) is 0 Å². The van der Waals surface area contributed by atoms with E-state index in [4.69, 9.17) is 14.2 Å². The van der Waals surface area contributed by atoms with Gasteiger partial charge < -0.3 is 19.5 Å². The molecule has 19 heavy (non-hydrogen) atoms. The van der Waals surface area contributed by atoms with Crippen LogP contribution in [0.4, 0.5) is 5.82 Å². The summed E-state index contributed by atoms with van der Waals surface area (Å²) >= 11 is 0. The fourth-order valence-electron chi connectivity index (χ4n) is 1.90. The number of rotatable bonds is 3. The van der Waals surface area contributed by atoms with Crippen LogP contribution in [0.3, 0.4) is 0 Å². The molecule has 0 unspecified atom stereocenters. The predicted octanol–water partition coefficient (Wildman–Crippen LogP) is 1.92. The number of benzene rings is 1. The van der Waals surface area contributed by atoms with Crippen LogP contribution in [0, 0.1) is 0 Å². The van der Waals surface area contributed by atoms with E-state index in [1.54, 1.807) is 19.4 Å². The van der Waals surface area contributed by atoms with Crippen molar-refractivity contribution in [3.8, 4) is 28.6 Å². The summed E-state index contributed by atoms with van der Waals surface area (Å²) in [7, 11) is 3.40. The van der Waals surface area contributed by atoms with Crippen molar-refractivity contribution in [2.75, 3.05) is 26.3 Å². The highest BCUT2D eigenvalue weighted by atomic mass is 16.7. The largest absolute Gasteiger partial charge is 0.493 e. The van der Waals surface area contributed by atoms with Crippen LogP contribution >= 0.6 is 0 Å². The van der Waals surface area contributed by atoms with Gasteiger partial charge in [-0.1, -0.05) is 0 Å². The quantitative estimate of drug-likeness (QED) is 0.908. The van der Waals surface area contributed by atoms with Gasteiger partial charge in [-0.15, -0.1) is 0 Å². The summed E-state index contributed by atoms with van der Waals surface area (Å²) in [6, 6.07) is 5.48. The second kappa shape index (κ2) is 4.64. The molecule has 1 aromatic carbocycles. The first kappa shape index (κ1) is 11.6. The third-order valence-corrected chi connectivity index (χ3v) is 2.83. The van der Waals surface area contributed by atoms with E-state index in [0.717, 1.165) is 11.4 Å². The van der Waals surface area contributed by atoms with Gasteiger partial charge in [0.05, 0.1) is 7.11 Å². The van der Waals surface area contributed by atoms with Crippen molar-refractivity contribution in [3.63, 3.8) is 0 Å². The number of aromatic nitrogens is 2. The van der Waals surface area contributed by atoms with E-state index in [1.807, 2.05) is 19.2 Å². The highest BCUT2D eigenvalue weighted by Crippen LogP contribution is 2.43. The van der Waals surface area contributed by atoms with E-state index in [0.29, 0.717) is 23.1 Å². The standard InChI is InChI=1S/C13H13N3O3/c1-14-11-3-4-15-13(16-11)8-5-9(17-2)12-10(6-8)18-7-19-12/h3-6H,7H2,1-2H3,(H,14,15,16). The Hall–Kier alpha value is -2.50. The Morgan fingerprint density at radius 2 is 2.21 bits per heavy atom. The summed E-state index contributed by atoms with van der Waals surface area (Å²) in [5.74, 6) is 3.23. The molecule has 1 N–H and O–H groups in total. The topological polar surface area (TPSA) is 65.5 Å². The van der Waals surface area contributed by atoms with Gasteiger partial charge in [0.25, 0.3) is 0 Å². The van der Waals surface area contributed by atoms with E-state index < -0.39 is 0 Å². The molecule has 3 rings (SSSR count). The van der Waals surface area contributed by atoms with Crippen molar-refractivity contribution in [1.29, 1.82) is 0 Å². The zero-order valence-electron chi connectivity index (χ0n) is 10.6. The van der Waals surface area contributed by atoms with Gasteiger partial charge >= 0.3 is 0 Å². The Balaban J connectivity index is 2.10. The molecule has 2 heterocycles. The summed E-state index contributed by atoms with van der Waals surface area (Å²) in [6.45, 7) is 0.201. The minimum Gasteiger partial charge on any atom is -0.493 e. The third kappa shape index (κ3) is 2.01. The summed E-state index contributed by atoms with van der Waals surface area (Å²) < 4.78 is 16.0. The smallest absolute Gasteiger partial charge is 0.231 e. The number of nitrogens with one attached hydrogen (secondary N) is 1. The van der Waals surface area contributed by atoms with Crippen LogP contribution in [0.5, 0.6) is 17.2 Å². The molecule has 0 saturated carbocycles. The molecular formula is C13H13N3O3. The van der Waals surface area contributed by atoms with Crippen LogP contribution in [0.2, 0.25) is 0 Å². The van der Waals surface area contributed by atoms with Gasteiger partial charge in [0.2, 0.25) is 12.5 Å². The average molecular weight is 259 g/mol. The molecule has 0 spiro atoms. The Morgan fingerprint density at radius 3 is 3.00 bits per heavy atom. The minimum atomic E-state index is 0.201. The van der Waals surface area contributed by atoms with Crippen molar-refractivity contribution in [2.24, 2.45) is 0 Å². The summed E-state index contributed by atoms with van der Waals surface area (Å²) in [6.07, 6.45) is 1.70. The number of hydrogen-bond acceptors (Lipinski definition) is 6. The molecule has 0 atom stereocenters. The van der Waals surface area contributed by atoms with Gasteiger partial charge in [0.1, 0.15) is 5.82 Å². The number of hydrogen-bond donors (Lipinski definition) is 1. The van der Waals surface area contributed by atoms with Crippen molar-refractivity contribution in [1.82, 2.24) is 9.97 Å². The molecule has 1 aromatic heterocycles. The maximum Gasteiger partial charge on any atom is 0.231 e. The lowest BCUT2D eigenvalue weighted by Gasteiger charge is -2.08. The van der Waals surface area contributed by atoms with Crippen LogP contribution < -0.4 is 19.5 Å². The highest BCUT2D eigenvalue weighted by molar-refractivity contribution is 5.67. The van der Waals surface area contributed by atoms with E-state index in [9.17, 15) is 0 Å². The number of anilines is 1. The van der Waals surface area contributed by atoms with Gasteiger partial charge in [-0.05, 0) is 18.2 Å². The van der Waals surface area contributed by atoms with E-state index in [1.165, 1.54) is 0 Å². The van der Waals surface area contributed by atoms with Crippen molar-refractivity contribution in [3.05, 3.63) is 24.4 Å². The van der Waals surface area contributed by atoms with Crippen LogP contribution in [-0.4, -0.2) is 30.9 Å². The lowest BCUT2D eigenvalue weighted by Crippen LogP contribution is -1.96. The monoisotopic (exact) mass is 259 g/mol. The lowest BCUT2D eigenvalue weighted by atomic mass is 10.1. The first-order valence-corrected chi connectivity index (χ1v) is 5.80. The second-order valence-electron chi connectivity index (χ2n) is 3.93. The maximum atomic E-state index is 5.39. The van der Waals surface area contributed by atoms with E-state index in [-0.39, 0.29) is 6.79 Å². The van der Waals surface area contributed by atoms with Gasteiger partial charge in [-0.2, -0.15) is 0 Å². The van der Waals surface area contributed by atoms with Gasteiger partial charge in [-0.25, -0.2) is 9.97 Å². The van der Waals surface area contributed by atoms with Crippen LogP contribution in [-0.2, 0) is 0 Å². The average Bonchev–Trinajstić information content (AvgIpc) is 2.94. The van der Waals surface area contributed by atoms with E-state index >= 15 is 0 Å². The maximum absolute atomic E-state index is 5.39. The summed E-state index contributed by atoms with van der Waals surface area (Å²) in [4.78, 5) is 8.64. The molecule has 0 aliphatic carbocycles. The molecule has 0 saturated heterocycles. The van der Waals surface area contributed by atoms with Crippen molar-refractivity contribution in [2.45, 2.75) is 0 Å². The number of fused-ring (bicyclic) bond motifs is 1. The molecule has 98 valence electrons. The highest BCUT2D eigenvalue weighted by Gasteiger charge is 2.21. The molecule has 0 amide bonds. The third-order valence-electron chi connectivity index (χ3n) is 2.83. The fourth-order valence-corrected chi connectivity index (χ4v) is 1.90. The molecule has 2 aromatic rings. The Kier molecular flexibility index (Phi) is 2.83. The SMILES string of the molecule is CNc1ccnc(-c2cc(OC)c3c(c2)OCO3)n1. The normalized spacial score (nSPS) is 12.3. The van der Waals surface area contributed by atoms with Crippen molar-refractivity contribution < 1.29 is 14.2 Å². The van der Waals surface area contributed by atoms with E-state index in [2.05, 4.69) is 15.3 Å². The Bertz CT molecular complexity index is 616. The second-order valence-corrected chi connectivity index (χ2v) is 3.93. The molecular weight excluding hydrogens is 246 g/mol. The molecule has 0 radical (unpaired) electrons. The van der Waals surface area contributed by atoms with Crippen molar-refractivity contribution >= 4 is 5.82 Å². The van der Waals surface area contributed by atoms with Gasteiger partial charge in [0.15, 0.2) is 17.3 Å². The molecule has 6 nitrogen and oxygen atoms in total. The number of ether oxygens (including phenoxy) is 3. The Morgan fingerprint density at radius 1 is 1.32 bits per heavy atom. The molecule has 1 aliphatic rings. The summed E-state index contributed by atoms with van der Waals surface area (Å²) in [5, 5.41) is 2.98. The lowest BCUT2D eigenvalue weighted by molar-refractivity contribution is 0.171. The zero-order valence-corrected chi connectivity index (χ0v) is 10.6. The fraction of sp³-hybridized carbons (Fsp3) is 0.231. The molecule has 0 bridgehead atoms. The van der Waals surface area contributed by atoms with Crippen LogP contribution in [0.25, 0.3) is 11.4 Å². The van der Waals surface area contributed by atoms with Crippen LogP contribution in [0.1, 0.15) is 0 Å². The van der Waals surface area contributed by atoms with Crippen LogP contribution in [0.15, 0.2) is 24.4 Å². The predicted molar refractivity (Wildman–Crippen MR) is 69.7 cm³/mol. The first-order chi connectivity index (χ1) is 9.31. The minimum absolute atomic E-state index is 0.201. The summed E-state index contributed by atoms with van der Waals surface area (Å²) in [5.41, 5.74) is 0.818. The van der Waals surface area contributed by atoms with Gasteiger partial charge in [0, 0.05) is 18.8 Å². The Labute approximate surface area is 110 Å². The zero-order chi connectivity index (χ0) is 13.2. The molecule has 0 fully saturated rings. The first-order valence-electron chi connectivity index (χ1n) is 5.80.